The molecule has 4 aromatic rings. The first-order valence-corrected chi connectivity index (χ1v) is 12.8. The van der Waals surface area contributed by atoms with Crippen molar-refractivity contribution in [1.29, 1.82) is 0 Å². The van der Waals surface area contributed by atoms with Crippen molar-refractivity contribution in [1.82, 2.24) is 15.2 Å². The van der Waals surface area contributed by atoms with Crippen LogP contribution in [-0.2, 0) is 12.4 Å². The van der Waals surface area contributed by atoms with Gasteiger partial charge in [-0.3, -0.25) is 10.1 Å². The van der Waals surface area contributed by atoms with Gasteiger partial charge in [-0.15, -0.1) is 0 Å². The zero-order valence-corrected chi connectivity index (χ0v) is 19.2. The number of anilines is 1. The van der Waals surface area contributed by atoms with E-state index in [1.165, 1.54) is 37.3 Å². The summed E-state index contributed by atoms with van der Waals surface area (Å²) in [5, 5.41) is 17.7. The van der Waals surface area contributed by atoms with Gasteiger partial charge in [0.25, 0.3) is 0 Å². The molecule has 11 heteroatoms. The third-order valence-electron chi connectivity index (χ3n) is 4.37. The predicted molar refractivity (Wildman–Crippen MR) is 120 cm³/mol. The Balaban J connectivity index is 0.000000190. The van der Waals surface area contributed by atoms with Crippen LogP contribution in [0.3, 0.4) is 0 Å². The fourth-order valence-corrected chi connectivity index (χ4v) is 4.29. The summed E-state index contributed by atoms with van der Waals surface area (Å²) in [7, 11) is 0. The molecule has 2 aromatic carbocycles. The normalized spacial score (nSPS) is 12.2. The molecular formula is C22H20AsFN4O5. The van der Waals surface area contributed by atoms with Crippen LogP contribution in [0.25, 0.3) is 22.4 Å². The van der Waals surface area contributed by atoms with Gasteiger partial charge in [-0.05, 0) is 42.0 Å². The topological polar surface area (TPSA) is 137 Å². The smallest absolute Gasteiger partial charge is 0.123 e. The van der Waals surface area contributed by atoms with E-state index in [4.69, 9.17) is 5.26 Å². The molecule has 170 valence electrons. The Kier molecular flexibility index (Phi) is 7.91. The summed E-state index contributed by atoms with van der Waals surface area (Å²) < 4.78 is 36.9. The number of aromatic nitrogens is 3. The van der Waals surface area contributed by atoms with Crippen LogP contribution in [0.15, 0.2) is 79.3 Å². The van der Waals surface area contributed by atoms with Gasteiger partial charge in [-0.1, -0.05) is 0 Å². The zero-order chi connectivity index (χ0) is 23.8. The molecule has 1 amide bonds. The maximum Gasteiger partial charge on any atom is 0.123 e. The fraction of sp³-hybridized carbons (Fsp3) is 0.0455. The molecule has 0 aliphatic heterocycles. The second kappa shape index (κ2) is 10.8. The maximum absolute atomic E-state index is 12.9. The van der Waals surface area contributed by atoms with E-state index < -0.39 is 14.2 Å². The van der Waals surface area contributed by atoms with Crippen molar-refractivity contribution in [3.05, 3.63) is 85.1 Å². The number of hydrogen-bond donors (Lipinski definition) is 4. The van der Waals surface area contributed by atoms with E-state index in [2.05, 4.69) is 24.4 Å². The molecule has 2 heterocycles. The van der Waals surface area contributed by atoms with E-state index in [1.54, 1.807) is 36.8 Å². The summed E-state index contributed by atoms with van der Waals surface area (Å²) in [6.07, 6.45) is 5.22. The summed E-state index contributed by atoms with van der Waals surface area (Å²) in [4.78, 5) is 14.7. The van der Waals surface area contributed by atoms with Crippen molar-refractivity contribution in [3.8, 4) is 22.4 Å². The van der Waals surface area contributed by atoms with Crippen LogP contribution in [0, 0.1) is 5.82 Å². The first-order chi connectivity index (χ1) is 15.8. The van der Waals surface area contributed by atoms with Crippen LogP contribution < -0.4 is 9.67 Å². The van der Waals surface area contributed by atoms with Crippen LogP contribution in [0.1, 0.15) is 6.92 Å². The second-order valence-corrected chi connectivity index (χ2v) is 10.3. The van der Waals surface area contributed by atoms with Crippen LogP contribution in [0.5, 0.6) is 0 Å². The van der Waals surface area contributed by atoms with Crippen LogP contribution >= 0.6 is 0 Å². The molecule has 0 saturated heterocycles. The fourth-order valence-electron chi connectivity index (χ4n) is 2.88. The molecule has 1 unspecified atom stereocenters. The number of H-pyrrole nitrogens is 1. The maximum atomic E-state index is 12.9. The SMILES string of the molecule is CC(=O)Nc1cccc([As](=O)(O)OO)c1.Fc1ccc(-c2[nH]ncc2-c2ccncc2)cc1. The van der Waals surface area contributed by atoms with E-state index in [0.29, 0.717) is 5.69 Å². The predicted octanol–water partition coefficient (Wildman–Crippen LogP) is 2.98. The number of benzene rings is 2. The molecule has 0 bridgehead atoms. The molecule has 0 spiro atoms. The average molecular weight is 514 g/mol. The molecule has 4 N–H and O–H groups in total. The summed E-state index contributed by atoms with van der Waals surface area (Å²) in [5.41, 5.74) is 4.15. The number of nitrogens with one attached hydrogen (secondary N) is 2. The third kappa shape index (κ3) is 6.47. The number of halogens is 1. The zero-order valence-electron chi connectivity index (χ0n) is 17.3. The van der Waals surface area contributed by atoms with E-state index in [9.17, 15) is 17.0 Å². The minimum Gasteiger partial charge on any atom is -0.277 e. The molecule has 2 aromatic heterocycles. The average Bonchev–Trinajstić information content (AvgIpc) is 3.30. The van der Waals surface area contributed by atoms with E-state index >= 15 is 0 Å². The van der Waals surface area contributed by atoms with Gasteiger partial charge >= 0.3 is 88.4 Å². The standard InChI is InChI=1S/C14H10FN3.C8H10AsNO5/c15-12-3-1-11(2-4-12)14-13(9-17-18-14)10-5-7-16-8-6-10;1-6(11)10-8-4-2-3-7(5-8)9(12,13)15-14/h1-9H,(H,17,18);2-5,14H,1H3,(H,10,11)(H,12,13). The Bertz CT molecular complexity index is 1270. The van der Waals surface area contributed by atoms with Crippen molar-refractivity contribution in [2.45, 2.75) is 6.92 Å². The number of carbonyl (C=O) groups is 1. The Morgan fingerprint density at radius 2 is 1.79 bits per heavy atom. The first kappa shape index (κ1) is 24.1. The third-order valence-corrected chi connectivity index (χ3v) is 6.78. The molecule has 0 aliphatic carbocycles. The summed E-state index contributed by atoms with van der Waals surface area (Å²) >= 11 is -4.83. The van der Waals surface area contributed by atoms with Gasteiger partial charge in [0.05, 0.1) is 11.9 Å². The molecule has 0 saturated carbocycles. The molecule has 4 rings (SSSR count). The number of hydrogen-bond acceptors (Lipinski definition) is 6. The molecule has 0 aliphatic rings. The monoisotopic (exact) mass is 514 g/mol. The van der Waals surface area contributed by atoms with E-state index in [0.717, 1.165) is 22.4 Å². The molecule has 9 nitrogen and oxygen atoms in total. The minimum absolute atomic E-state index is 0.0399. The van der Waals surface area contributed by atoms with Gasteiger partial charge < -0.3 is 0 Å². The summed E-state index contributed by atoms with van der Waals surface area (Å²) in [6, 6.07) is 15.8. The van der Waals surface area contributed by atoms with Crippen molar-refractivity contribution in [3.63, 3.8) is 0 Å². The number of amides is 1. The van der Waals surface area contributed by atoms with Gasteiger partial charge in [0.15, 0.2) is 0 Å². The van der Waals surface area contributed by atoms with Crippen LogP contribution in [0.4, 0.5) is 10.1 Å². The van der Waals surface area contributed by atoms with Gasteiger partial charge in [0, 0.05) is 23.5 Å². The van der Waals surface area contributed by atoms with Gasteiger partial charge in [-0.2, -0.15) is 5.10 Å². The minimum atomic E-state index is -4.83. The molecule has 33 heavy (non-hydrogen) atoms. The van der Waals surface area contributed by atoms with Crippen molar-refractivity contribution >= 4 is 30.1 Å². The number of rotatable bonds is 5. The summed E-state index contributed by atoms with van der Waals surface area (Å²) in [5.74, 6) is -0.541. The Morgan fingerprint density at radius 3 is 2.42 bits per heavy atom. The van der Waals surface area contributed by atoms with Crippen molar-refractivity contribution in [2.24, 2.45) is 0 Å². The van der Waals surface area contributed by atoms with Gasteiger partial charge in [0.1, 0.15) is 5.82 Å². The molecule has 1 atom stereocenters. The van der Waals surface area contributed by atoms with Crippen molar-refractivity contribution in [2.75, 3.05) is 5.32 Å². The number of pyridine rings is 1. The Labute approximate surface area is 191 Å². The van der Waals surface area contributed by atoms with Gasteiger partial charge in [0.2, 0.25) is 0 Å². The second-order valence-electron chi connectivity index (χ2n) is 6.74. The van der Waals surface area contributed by atoms with Crippen LogP contribution in [0.2, 0.25) is 0 Å². The number of carbonyl (C=O) groups excluding carboxylic acids is 1. The van der Waals surface area contributed by atoms with Crippen molar-refractivity contribution < 1.29 is 26.2 Å². The molecule has 0 radical (unpaired) electrons. The summed E-state index contributed by atoms with van der Waals surface area (Å²) in [6.45, 7) is 1.32. The van der Waals surface area contributed by atoms with Gasteiger partial charge in [-0.25, -0.2) is 4.39 Å². The van der Waals surface area contributed by atoms with E-state index in [-0.39, 0.29) is 16.1 Å². The number of nitrogens with zero attached hydrogens (tertiary/aromatic N) is 2. The van der Waals surface area contributed by atoms with E-state index in [1.807, 2.05) is 12.1 Å². The first-order valence-electron chi connectivity index (χ1n) is 9.54. The quantitative estimate of drug-likeness (QED) is 0.183. The Hall–Kier alpha value is -3.56. The molecular weight excluding hydrogens is 494 g/mol. The largest absolute Gasteiger partial charge is 0.277 e. The molecule has 0 fully saturated rings. The van der Waals surface area contributed by atoms with Crippen LogP contribution in [-0.4, -0.2) is 44.6 Å². The Morgan fingerprint density at radius 1 is 1.09 bits per heavy atom. The number of aromatic amines is 1.